The molecule has 0 N–H and O–H groups in total. The van der Waals surface area contributed by atoms with E-state index >= 15 is 0 Å². The molecule has 8 heteroatoms. The summed E-state index contributed by atoms with van der Waals surface area (Å²) in [5, 5.41) is 0.535. The molecule has 2 aromatic carbocycles. The fourth-order valence-corrected chi connectivity index (χ4v) is 4.34. The molecule has 0 atom stereocenters. The van der Waals surface area contributed by atoms with E-state index in [1.54, 1.807) is 40.4 Å². The van der Waals surface area contributed by atoms with Crippen LogP contribution >= 0.6 is 11.6 Å². The van der Waals surface area contributed by atoms with E-state index in [1.807, 2.05) is 41.3 Å². The van der Waals surface area contributed by atoms with Gasteiger partial charge in [0.2, 0.25) is 5.91 Å². The van der Waals surface area contributed by atoms with Crippen molar-refractivity contribution >= 4 is 29.2 Å². The molecule has 7 nitrogen and oxygen atoms in total. The summed E-state index contributed by atoms with van der Waals surface area (Å²) in [5.41, 5.74) is 2.49. The van der Waals surface area contributed by atoms with E-state index in [0.29, 0.717) is 55.6 Å². The minimum Gasteiger partial charge on any atom is -0.455 e. The van der Waals surface area contributed by atoms with Crippen LogP contribution in [0.3, 0.4) is 0 Å². The number of amides is 3. The molecule has 2 aliphatic heterocycles. The van der Waals surface area contributed by atoms with Crippen molar-refractivity contribution in [3.63, 3.8) is 0 Å². The molecule has 3 heterocycles. The van der Waals surface area contributed by atoms with Gasteiger partial charge in [-0.15, -0.1) is 0 Å². The first-order valence-corrected chi connectivity index (χ1v) is 11.2. The molecule has 3 aromatic rings. The third kappa shape index (κ3) is 4.50. The molecule has 1 aromatic heterocycles. The molecule has 1 fully saturated rings. The Kier molecular flexibility index (Phi) is 5.88. The lowest BCUT2D eigenvalue weighted by Gasteiger charge is -2.37. The van der Waals surface area contributed by atoms with Gasteiger partial charge in [0.25, 0.3) is 0 Å². The van der Waals surface area contributed by atoms with Crippen LogP contribution in [0.15, 0.2) is 67.0 Å². The monoisotopic (exact) mass is 462 g/mol. The van der Waals surface area contributed by atoms with Crippen LogP contribution in [0.2, 0.25) is 5.02 Å². The normalized spacial score (nSPS) is 15.2. The van der Waals surface area contributed by atoms with Crippen LogP contribution < -0.4 is 9.64 Å². The van der Waals surface area contributed by atoms with Gasteiger partial charge < -0.3 is 14.5 Å². The van der Waals surface area contributed by atoms with Gasteiger partial charge in [-0.1, -0.05) is 29.8 Å². The summed E-state index contributed by atoms with van der Waals surface area (Å²) in [5.74, 6) is 1.37. The number of para-hydroxylation sites is 1. The summed E-state index contributed by atoms with van der Waals surface area (Å²) in [6.45, 7) is 2.31. The minimum atomic E-state index is -0.125. The predicted molar refractivity (Wildman–Crippen MR) is 126 cm³/mol. The molecule has 0 radical (unpaired) electrons. The van der Waals surface area contributed by atoms with Crippen molar-refractivity contribution in [3.05, 3.63) is 83.1 Å². The Labute approximate surface area is 197 Å². The van der Waals surface area contributed by atoms with Crippen molar-refractivity contribution in [2.75, 3.05) is 31.1 Å². The van der Waals surface area contributed by atoms with Gasteiger partial charge in [-0.3, -0.25) is 14.7 Å². The number of hydrogen-bond acceptors (Lipinski definition) is 4. The van der Waals surface area contributed by atoms with Crippen molar-refractivity contribution in [3.8, 4) is 11.5 Å². The first-order valence-electron chi connectivity index (χ1n) is 10.9. The molecule has 0 unspecified atom stereocenters. The second-order valence-electron chi connectivity index (χ2n) is 8.09. The molecule has 1 saturated heterocycles. The van der Waals surface area contributed by atoms with Gasteiger partial charge in [0, 0.05) is 49.2 Å². The Balaban J connectivity index is 1.31. The summed E-state index contributed by atoms with van der Waals surface area (Å²) in [7, 11) is 0. The van der Waals surface area contributed by atoms with Crippen molar-refractivity contribution in [2.24, 2.45) is 0 Å². The van der Waals surface area contributed by atoms with Crippen LogP contribution in [0, 0.1) is 0 Å². The fraction of sp³-hybridized carbons (Fsp3) is 0.240. The van der Waals surface area contributed by atoms with Crippen molar-refractivity contribution in [1.82, 2.24) is 14.8 Å². The van der Waals surface area contributed by atoms with Crippen molar-refractivity contribution in [2.45, 2.75) is 13.0 Å². The Morgan fingerprint density at radius 2 is 1.64 bits per heavy atom. The number of ether oxygens (including phenoxy) is 1. The lowest BCUT2D eigenvalue weighted by atomic mass is 10.1. The second kappa shape index (κ2) is 9.11. The lowest BCUT2D eigenvalue weighted by Crippen LogP contribution is -2.54. The van der Waals surface area contributed by atoms with Crippen LogP contribution in [-0.2, 0) is 17.8 Å². The van der Waals surface area contributed by atoms with Gasteiger partial charge in [0.1, 0.15) is 5.75 Å². The van der Waals surface area contributed by atoms with Crippen molar-refractivity contribution in [1.29, 1.82) is 0 Å². The number of carbonyl (C=O) groups excluding carboxylic acids is 2. The summed E-state index contributed by atoms with van der Waals surface area (Å²) in [6.07, 6.45) is 3.71. The van der Waals surface area contributed by atoms with Gasteiger partial charge in [-0.25, -0.2) is 4.79 Å². The molecule has 2 aliphatic rings. The number of anilines is 1. The standard InChI is InChI=1S/C25H23ClN4O3/c26-20-5-6-23-21(16-20)30(17-19-3-1-2-4-22(19)33-23)25(32)29-13-11-28(12-14-29)24(31)15-18-7-9-27-10-8-18/h1-10,16H,11-15,17H2. The van der Waals surface area contributed by atoms with E-state index in [1.165, 1.54) is 0 Å². The highest BCUT2D eigenvalue weighted by Crippen LogP contribution is 2.40. The Hall–Kier alpha value is -3.58. The van der Waals surface area contributed by atoms with E-state index in [9.17, 15) is 9.59 Å². The largest absolute Gasteiger partial charge is 0.455 e. The SMILES string of the molecule is O=C(Cc1ccncc1)N1CCN(C(=O)N2Cc3ccccc3Oc3ccc(Cl)cc32)CC1. The smallest absolute Gasteiger partial charge is 0.325 e. The number of benzene rings is 2. The van der Waals surface area contributed by atoms with E-state index in [-0.39, 0.29) is 11.9 Å². The first-order chi connectivity index (χ1) is 16.1. The molecule has 0 spiro atoms. The number of hydrogen-bond donors (Lipinski definition) is 0. The third-order valence-corrected chi connectivity index (χ3v) is 6.21. The summed E-state index contributed by atoms with van der Waals surface area (Å²) in [6, 6.07) is 16.6. The Bertz CT molecular complexity index is 1180. The number of carbonyl (C=O) groups is 2. The van der Waals surface area contributed by atoms with Gasteiger partial charge in [0.15, 0.2) is 5.75 Å². The number of rotatable bonds is 2. The summed E-state index contributed by atoms with van der Waals surface area (Å²) in [4.78, 5) is 35.6. The topological polar surface area (TPSA) is 66.0 Å². The molecular formula is C25H23ClN4O3. The Morgan fingerprint density at radius 1 is 0.909 bits per heavy atom. The maximum atomic E-state index is 13.6. The molecule has 3 amide bonds. The molecule has 0 aliphatic carbocycles. The van der Waals surface area contributed by atoms with E-state index in [4.69, 9.17) is 16.3 Å². The zero-order valence-corrected chi connectivity index (χ0v) is 18.7. The Morgan fingerprint density at radius 3 is 2.42 bits per heavy atom. The molecule has 0 bridgehead atoms. The molecule has 168 valence electrons. The average Bonchev–Trinajstić information content (AvgIpc) is 3.01. The zero-order chi connectivity index (χ0) is 22.8. The molecule has 33 heavy (non-hydrogen) atoms. The van der Waals surface area contributed by atoms with Crippen LogP contribution in [-0.4, -0.2) is 52.9 Å². The van der Waals surface area contributed by atoms with Crippen LogP contribution in [0.4, 0.5) is 10.5 Å². The zero-order valence-electron chi connectivity index (χ0n) is 18.0. The number of nitrogens with zero attached hydrogens (tertiary/aromatic N) is 4. The maximum absolute atomic E-state index is 13.6. The van der Waals surface area contributed by atoms with E-state index < -0.39 is 0 Å². The highest BCUT2D eigenvalue weighted by Gasteiger charge is 2.31. The lowest BCUT2D eigenvalue weighted by molar-refractivity contribution is -0.131. The summed E-state index contributed by atoms with van der Waals surface area (Å²) >= 11 is 6.26. The van der Waals surface area contributed by atoms with Crippen LogP contribution in [0.5, 0.6) is 11.5 Å². The highest BCUT2D eigenvalue weighted by molar-refractivity contribution is 6.31. The van der Waals surface area contributed by atoms with Gasteiger partial charge >= 0.3 is 6.03 Å². The predicted octanol–water partition coefficient (Wildman–Crippen LogP) is 4.35. The van der Waals surface area contributed by atoms with Gasteiger partial charge in [-0.2, -0.15) is 0 Å². The quantitative estimate of drug-likeness (QED) is 0.567. The molecule has 5 rings (SSSR count). The summed E-state index contributed by atoms with van der Waals surface area (Å²) < 4.78 is 6.10. The highest BCUT2D eigenvalue weighted by atomic mass is 35.5. The number of aromatic nitrogens is 1. The van der Waals surface area contributed by atoms with Crippen molar-refractivity contribution < 1.29 is 14.3 Å². The van der Waals surface area contributed by atoms with Gasteiger partial charge in [0.05, 0.1) is 18.7 Å². The molecule has 0 saturated carbocycles. The number of urea groups is 1. The van der Waals surface area contributed by atoms with Crippen LogP contribution in [0.1, 0.15) is 11.1 Å². The third-order valence-electron chi connectivity index (χ3n) is 5.97. The maximum Gasteiger partial charge on any atom is 0.325 e. The van der Waals surface area contributed by atoms with Gasteiger partial charge in [-0.05, 0) is 42.0 Å². The number of piperazine rings is 1. The van der Waals surface area contributed by atoms with E-state index in [0.717, 1.165) is 16.9 Å². The average molecular weight is 463 g/mol. The number of halogens is 1. The van der Waals surface area contributed by atoms with Crippen LogP contribution in [0.25, 0.3) is 0 Å². The number of fused-ring (bicyclic) bond motifs is 2. The molecular weight excluding hydrogens is 440 g/mol. The second-order valence-corrected chi connectivity index (χ2v) is 8.53. The first kappa shape index (κ1) is 21.3. The minimum absolute atomic E-state index is 0.0579. The fourth-order valence-electron chi connectivity index (χ4n) is 4.17. The number of pyridine rings is 1. The van der Waals surface area contributed by atoms with E-state index in [2.05, 4.69) is 4.98 Å².